The molecule has 0 bridgehead atoms. The number of para-hydroxylation sites is 1. The summed E-state index contributed by atoms with van der Waals surface area (Å²) in [5, 5.41) is 6.22. The lowest BCUT2D eigenvalue weighted by atomic mass is 10.2. The van der Waals surface area contributed by atoms with Crippen molar-refractivity contribution in [1.82, 2.24) is 14.5 Å². The number of rotatable bonds is 9. The van der Waals surface area contributed by atoms with E-state index in [1.165, 1.54) is 21.8 Å². The number of nitrogens with one attached hydrogen (secondary N) is 1. The van der Waals surface area contributed by atoms with Gasteiger partial charge in [0.2, 0.25) is 0 Å². The molecule has 0 aliphatic rings. The highest BCUT2D eigenvalue weighted by molar-refractivity contribution is 6.11. The van der Waals surface area contributed by atoms with Crippen molar-refractivity contribution in [1.29, 1.82) is 0 Å². The fourth-order valence-corrected chi connectivity index (χ4v) is 3.74. The summed E-state index contributed by atoms with van der Waals surface area (Å²) in [6, 6.07) is 10.8. The number of fused-ring (bicyclic) bond motifs is 3. The maximum atomic E-state index is 4.68. The highest BCUT2D eigenvalue weighted by Crippen LogP contribution is 2.33. The van der Waals surface area contributed by atoms with Gasteiger partial charge in [-0.05, 0) is 44.1 Å². The van der Waals surface area contributed by atoms with Gasteiger partial charge in [0.05, 0.1) is 5.52 Å². The van der Waals surface area contributed by atoms with Crippen molar-refractivity contribution in [2.45, 2.75) is 40.7 Å². The summed E-state index contributed by atoms with van der Waals surface area (Å²) >= 11 is 0. The van der Waals surface area contributed by atoms with Gasteiger partial charge in [0.15, 0.2) is 5.82 Å². The molecular formula is C22H32N4. The van der Waals surface area contributed by atoms with Crippen molar-refractivity contribution in [2.75, 3.05) is 31.5 Å². The quantitative estimate of drug-likeness (QED) is 0.551. The van der Waals surface area contributed by atoms with Gasteiger partial charge in [-0.3, -0.25) is 0 Å². The molecule has 4 nitrogen and oxygen atoms in total. The summed E-state index contributed by atoms with van der Waals surface area (Å²) < 4.78 is 2.44. The van der Waals surface area contributed by atoms with E-state index in [2.05, 4.69) is 77.8 Å². The van der Waals surface area contributed by atoms with E-state index in [-0.39, 0.29) is 0 Å². The zero-order valence-corrected chi connectivity index (χ0v) is 16.6. The van der Waals surface area contributed by atoms with Crippen LogP contribution in [0, 0.1) is 5.92 Å². The van der Waals surface area contributed by atoms with Crippen LogP contribution in [0.15, 0.2) is 36.5 Å². The number of aromatic nitrogens is 2. The van der Waals surface area contributed by atoms with Crippen LogP contribution in [0.5, 0.6) is 0 Å². The molecule has 2 heterocycles. The molecule has 3 aromatic rings. The molecule has 26 heavy (non-hydrogen) atoms. The van der Waals surface area contributed by atoms with Gasteiger partial charge in [-0.15, -0.1) is 0 Å². The molecule has 0 fully saturated rings. The lowest BCUT2D eigenvalue weighted by Gasteiger charge is -2.18. The zero-order valence-electron chi connectivity index (χ0n) is 16.6. The molecule has 0 saturated carbocycles. The maximum Gasteiger partial charge on any atom is 0.150 e. The highest BCUT2D eigenvalue weighted by atomic mass is 15.1. The van der Waals surface area contributed by atoms with Crippen LogP contribution < -0.4 is 5.32 Å². The van der Waals surface area contributed by atoms with Gasteiger partial charge in [-0.2, -0.15) is 0 Å². The smallest absolute Gasteiger partial charge is 0.150 e. The normalized spacial score (nSPS) is 11.9. The van der Waals surface area contributed by atoms with Crippen molar-refractivity contribution in [3.8, 4) is 0 Å². The van der Waals surface area contributed by atoms with Crippen molar-refractivity contribution in [3.63, 3.8) is 0 Å². The van der Waals surface area contributed by atoms with Crippen molar-refractivity contribution in [3.05, 3.63) is 36.5 Å². The molecule has 140 valence electrons. The molecule has 0 radical (unpaired) electrons. The number of hydrogen-bond acceptors (Lipinski definition) is 3. The Balaban J connectivity index is 1.91. The first-order chi connectivity index (χ1) is 12.7. The summed E-state index contributed by atoms with van der Waals surface area (Å²) in [5.41, 5.74) is 2.54. The molecule has 0 atom stereocenters. The number of hydrogen-bond donors (Lipinski definition) is 1. The lowest BCUT2D eigenvalue weighted by Crippen LogP contribution is -2.25. The maximum absolute atomic E-state index is 4.68. The van der Waals surface area contributed by atoms with Crippen LogP contribution in [-0.2, 0) is 6.54 Å². The first-order valence-corrected chi connectivity index (χ1v) is 9.97. The summed E-state index contributed by atoms with van der Waals surface area (Å²) in [7, 11) is 0. The Kier molecular flexibility index (Phi) is 6.15. The minimum absolute atomic E-state index is 0.588. The lowest BCUT2D eigenvalue weighted by molar-refractivity contribution is 0.303. The minimum atomic E-state index is 0.588. The number of pyridine rings is 1. The Hall–Kier alpha value is -2.07. The molecule has 0 unspecified atom stereocenters. The van der Waals surface area contributed by atoms with Gasteiger partial charge in [-0.1, -0.05) is 45.9 Å². The molecule has 0 aliphatic heterocycles. The van der Waals surface area contributed by atoms with Gasteiger partial charge in [0.1, 0.15) is 0 Å². The van der Waals surface area contributed by atoms with Gasteiger partial charge < -0.3 is 14.8 Å². The first kappa shape index (κ1) is 18.7. The standard InChI is InChI=1S/C22H32N4/c1-5-25(6-2)15-9-13-23-22-21-19(12-14-24-22)18-10-7-8-11-20(18)26(21)16-17(3)4/h7-8,10-12,14,17H,5-6,9,13,15-16H2,1-4H3,(H,23,24). The zero-order chi connectivity index (χ0) is 18.5. The molecule has 4 heteroatoms. The minimum Gasteiger partial charge on any atom is -0.368 e. The van der Waals surface area contributed by atoms with Crippen LogP contribution >= 0.6 is 0 Å². The average Bonchev–Trinajstić information content (AvgIpc) is 2.96. The van der Waals surface area contributed by atoms with E-state index >= 15 is 0 Å². The first-order valence-electron chi connectivity index (χ1n) is 9.97. The van der Waals surface area contributed by atoms with E-state index < -0.39 is 0 Å². The third-order valence-corrected chi connectivity index (χ3v) is 5.06. The second kappa shape index (κ2) is 8.54. The van der Waals surface area contributed by atoms with E-state index in [0.717, 1.165) is 45.0 Å². The Labute approximate surface area is 157 Å². The van der Waals surface area contributed by atoms with Gasteiger partial charge in [0, 0.05) is 35.6 Å². The van der Waals surface area contributed by atoms with Crippen LogP contribution in [0.2, 0.25) is 0 Å². The molecule has 3 rings (SSSR count). The fraction of sp³-hybridized carbons (Fsp3) is 0.500. The molecule has 1 aromatic carbocycles. The number of anilines is 1. The van der Waals surface area contributed by atoms with Crippen LogP contribution in [0.1, 0.15) is 34.1 Å². The summed E-state index contributed by atoms with van der Waals surface area (Å²) in [6.07, 6.45) is 3.06. The van der Waals surface area contributed by atoms with E-state index in [0.29, 0.717) is 5.92 Å². The molecule has 2 aromatic heterocycles. The summed E-state index contributed by atoms with van der Waals surface area (Å²) in [5.74, 6) is 1.60. The molecular weight excluding hydrogens is 320 g/mol. The second-order valence-corrected chi connectivity index (χ2v) is 7.38. The number of nitrogens with zero attached hydrogens (tertiary/aromatic N) is 3. The Morgan fingerprint density at radius 3 is 2.58 bits per heavy atom. The van der Waals surface area contributed by atoms with Gasteiger partial charge >= 0.3 is 0 Å². The fourth-order valence-electron chi connectivity index (χ4n) is 3.74. The van der Waals surface area contributed by atoms with Crippen molar-refractivity contribution >= 4 is 27.6 Å². The Morgan fingerprint density at radius 1 is 1.08 bits per heavy atom. The predicted molar refractivity (Wildman–Crippen MR) is 113 cm³/mol. The van der Waals surface area contributed by atoms with E-state index in [1.54, 1.807) is 0 Å². The summed E-state index contributed by atoms with van der Waals surface area (Å²) in [6.45, 7) is 14.3. The van der Waals surface area contributed by atoms with Crippen LogP contribution in [-0.4, -0.2) is 40.6 Å². The Morgan fingerprint density at radius 2 is 1.85 bits per heavy atom. The van der Waals surface area contributed by atoms with Crippen LogP contribution in [0.3, 0.4) is 0 Å². The van der Waals surface area contributed by atoms with Gasteiger partial charge in [0.25, 0.3) is 0 Å². The molecule has 0 saturated heterocycles. The predicted octanol–water partition coefficient (Wildman–Crippen LogP) is 4.99. The molecule has 1 N–H and O–H groups in total. The summed E-state index contributed by atoms with van der Waals surface area (Å²) in [4.78, 5) is 7.15. The molecule has 0 amide bonds. The SMILES string of the molecule is CCN(CC)CCCNc1nccc2c3ccccc3n(CC(C)C)c12. The average molecular weight is 353 g/mol. The Bertz CT molecular complexity index is 846. The highest BCUT2D eigenvalue weighted by Gasteiger charge is 2.15. The van der Waals surface area contributed by atoms with E-state index in [1.807, 2.05) is 6.20 Å². The monoisotopic (exact) mass is 352 g/mol. The van der Waals surface area contributed by atoms with Crippen molar-refractivity contribution in [2.24, 2.45) is 5.92 Å². The van der Waals surface area contributed by atoms with E-state index in [9.17, 15) is 0 Å². The second-order valence-electron chi connectivity index (χ2n) is 7.38. The van der Waals surface area contributed by atoms with Gasteiger partial charge in [-0.25, -0.2) is 4.98 Å². The third kappa shape index (κ3) is 3.85. The third-order valence-electron chi connectivity index (χ3n) is 5.06. The number of benzene rings is 1. The van der Waals surface area contributed by atoms with Crippen LogP contribution in [0.25, 0.3) is 21.8 Å². The van der Waals surface area contributed by atoms with Crippen molar-refractivity contribution < 1.29 is 0 Å². The molecule has 0 spiro atoms. The van der Waals surface area contributed by atoms with Crippen LogP contribution in [0.4, 0.5) is 5.82 Å². The topological polar surface area (TPSA) is 33.1 Å². The largest absolute Gasteiger partial charge is 0.368 e. The van der Waals surface area contributed by atoms with E-state index in [4.69, 9.17) is 0 Å². The molecule has 0 aliphatic carbocycles.